The number of aromatic nitrogens is 1. The van der Waals surface area contributed by atoms with Gasteiger partial charge in [0.25, 0.3) is 5.91 Å². The zero-order valence-corrected chi connectivity index (χ0v) is 19.2. The maximum atomic E-state index is 12.9. The molecule has 176 valence electrons. The fourth-order valence-corrected chi connectivity index (χ4v) is 4.90. The molecule has 1 saturated carbocycles. The van der Waals surface area contributed by atoms with Gasteiger partial charge in [-0.2, -0.15) is 0 Å². The minimum Gasteiger partial charge on any atom is -0.342 e. The summed E-state index contributed by atoms with van der Waals surface area (Å²) in [6, 6.07) is 6.82. The Labute approximate surface area is 193 Å². The van der Waals surface area contributed by atoms with Crippen molar-refractivity contribution < 1.29 is 19.2 Å². The van der Waals surface area contributed by atoms with Crippen molar-refractivity contribution in [2.45, 2.75) is 58.0 Å². The van der Waals surface area contributed by atoms with Crippen LogP contribution in [0.3, 0.4) is 0 Å². The Hall–Kier alpha value is -3.36. The monoisotopic (exact) mass is 453 g/mol. The summed E-state index contributed by atoms with van der Waals surface area (Å²) in [6.45, 7) is 5.19. The summed E-state index contributed by atoms with van der Waals surface area (Å²) in [4.78, 5) is 53.1. The third-order valence-electron chi connectivity index (χ3n) is 6.73. The molecule has 1 aromatic heterocycles. The topological polar surface area (TPSA) is 104 Å². The van der Waals surface area contributed by atoms with Crippen molar-refractivity contribution in [1.82, 2.24) is 19.7 Å². The molecule has 0 radical (unpaired) electrons. The second kappa shape index (κ2) is 9.25. The number of hydrogen-bond acceptors (Lipinski definition) is 4. The van der Waals surface area contributed by atoms with Crippen molar-refractivity contribution in [2.24, 2.45) is 0 Å². The van der Waals surface area contributed by atoms with Gasteiger partial charge in [-0.25, -0.2) is 4.79 Å². The van der Waals surface area contributed by atoms with Gasteiger partial charge in [0.05, 0.1) is 0 Å². The van der Waals surface area contributed by atoms with Gasteiger partial charge in [-0.05, 0) is 51.0 Å². The molecular formula is C24H31N5O4. The van der Waals surface area contributed by atoms with Crippen LogP contribution < -0.4 is 10.6 Å². The second-order valence-corrected chi connectivity index (χ2v) is 8.80. The molecule has 2 N–H and O–H groups in total. The number of benzene rings is 1. The number of amides is 5. The van der Waals surface area contributed by atoms with Crippen molar-refractivity contribution in [3.8, 4) is 0 Å². The first-order valence-electron chi connectivity index (χ1n) is 11.7. The molecule has 5 amide bonds. The molecule has 2 aliphatic rings. The molecule has 0 unspecified atom stereocenters. The van der Waals surface area contributed by atoms with Gasteiger partial charge in [-0.3, -0.25) is 19.3 Å². The van der Waals surface area contributed by atoms with Crippen LogP contribution in [0.2, 0.25) is 0 Å². The highest BCUT2D eigenvalue weighted by molar-refractivity contribution is 6.10. The van der Waals surface area contributed by atoms with Crippen LogP contribution in [0, 0.1) is 0 Å². The average molecular weight is 454 g/mol. The molecular weight excluding hydrogens is 422 g/mol. The minimum atomic E-state index is -0.833. The molecule has 1 aliphatic carbocycles. The molecule has 9 heteroatoms. The molecule has 1 aromatic carbocycles. The zero-order chi connectivity index (χ0) is 23.6. The number of imide groups is 1. The van der Waals surface area contributed by atoms with Gasteiger partial charge in [0, 0.05) is 35.9 Å². The molecule has 2 aromatic rings. The van der Waals surface area contributed by atoms with E-state index in [2.05, 4.69) is 10.6 Å². The van der Waals surface area contributed by atoms with Gasteiger partial charge in [0.1, 0.15) is 18.6 Å². The SMILES string of the molecule is CCN(CC)C(=O)Cn1ccc2cc(NC(=O)CN3C(=O)NC4(CCCCC4)C3=O)ccc21. The Balaban J connectivity index is 1.41. The van der Waals surface area contributed by atoms with Gasteiger partial charge in [0.15, 0.2) is 0 Å². The first kappa shape index (κ1) is 22.8. The van der Waals surface area contributed by atoms with E-state index in [0.29, 0.717) is 31.6 Å². The average Bonchev–Trinajstić information content (AvgIpc) is 3.29. The Bertz CT molecular complexity index is 1080. The van der Waals surface area contributed by atoms with Crippen LogP contribution in [0.25, 0.3) is 10.9 Å². The van der Waals surface area contributed by atoms with E-state index in [1.807, 2.05) is 42.8 Å². The van der Waals surface area contributed by atoms with Gasteiger partial charge >= 0.3 is 6.03 Å². The van der Waals surface area contributed by atoms with E-state index in [1.165, 1.54) is 0 Å². The normalized spacial score (nSPS) is 17.5. The van der Waals surface area contributed by atoms with E-state index in [0.717, 1.165) is 35.1 Å². The first-order chi connectivity index (χ1) is 15.9. The standard InChI is InChI=1S/C24H31N5O4/c1-3-27(4-2)21(31)16-28-13-10-17-14-18(8-9-19(17)28)25-20(30)15-29-22(32)24(26-23(29)33)11-6-5-7-12-24/h8-10,13-14H,3-7,11-12,15-16H2,1-2H3,(H,25,30)(H,26,33). The molecule has 0 atom stereocenters. The van der Waals surface area contributed by atoms with E-state index in [9.17, 15) is 19.2 Å². The lowest BCUT2D eigenvalue weighted by molar-refractivity contribution is -0.134. The van der Waals surface area contributed by atoms with Crippen LogP contribution in [-0.4, -0.2) is 63.3 Å². The Morgan fingerprint density at radius 2 is 1.79 bits per heavy atom. The van der Waals surface area contributed by atoms with Crippen LogP contribution in [-0.2, 0) is 20.9 Å². The number of hydrogen-bond donors (Lipinski definition) is 2. The number of fused-ring (bicyclic) bond motifs is 1. The summed E-state index contributed by atoms with van der Waals surface area (Å²) in [5.74, 6) is -0.672. The van der Waals surface area contributed by atoms with Crippen molar-refractivity contribution in [3.05, 3.63) is 30.5 Å². The maximum Gasteiger partial charge on any atom is 0.325 e. The summed E-state index contributed by atoms with van der Waals surface area (Å²) in [6.07, 6.45) is 5.95. The Morgan fingerprint density at radius 1 is 1.06 bits per heavy atom. The van der Waals surface area contributed by atoms with Gasteiger partial charge < -0.3 is 20.1 Å². The predicted octanol–water partition coefficient (Wildman–Crippen LogP) is 2.70. The van der Waals surface area contributed by atoms with Crippen LogP contribution in [0.4, 0.5) is 10.5 Å². The van der Waals surface area contributed by atoms with Crippen LogP contribution in [0.5, 0.6) is 0 Å². The fraction of sp³-hybridized carbons (Fsp3) is 0.500. The molecule has 1 saturated heterocycles. The highest BCUT2D eigenvalue weighted by atomic mass is 16.2. The smallest absolute Gasteiger partial charge is 0.325 e. The molecule has 2 fully saturated rings. The zero-order valence-electron chi connectivity index (χ0n) is 19.2. The second-order valence-electron chi connectivity index (χ2n) is 8.80. The van der Waals surface area contributed by atoms with E-state index < -0.39 is 17.5 Å². The fourth-order valence-electron chi connectivity index (χ4n) is 4.90. The van der Waals surface area contributed by atoms with Crippen molar-refractivity contribution in [3.63, 3.8) is 0 Å². The first-order valence-corrected chi connectivity index (χ1v) is 11.7. The molecule has 2 heterocycles. The largest absolute Gasteiger partial charge is 0.342 e. The Kier molecular flexibility index (Phi) is 6.40. The molecule has 9 nitrogen and oxygen atoms in total. The van der Waals surface area contributed by atoms with E-state index >= 15 is 0 Å². The van der Waals surface area contributed by atoms with E-state index in [4.69, 9.17) is 0 Å². The number of likely N-dealkylation sites (N-methyl/N-ethyl adjacent to an activating group) is 1. The third kappa shape index (κ3) is 4.44. The highest BCUT2D eigenvalue weighted by Gasteiger charge is 2.51. The number of carbonyl (C=O) groups excluding carboxylic acids is 4. The van der Waals surface area contributed by atoms with Crippen LogP contribution >= 0.6 is 0 Å². The summed E-state index contributed by atoms with van der Waals surface area (Å²) in [7, 11) is 0. The van der Waals surface area contributed by atoms with Crippen molar-refractivity contribution in [1.29, 1.82) is 0 Å². The molecule has 1 spiro atoms. The number of rotatable bonds is 7. The van der Waals surface area contributed by atoms with Gasteiger partial charge in [-0.1, -0.05) is 19.3 Å². The minimum absolute atomic E-state index is 0.0548. The number of anilines is 1. The number of urea groups is 1. The van der Waals surface area contributed by atoms with Crippen molar-refractivity contribution >= 4 is 40.3 Å². The Morgan fingerprint density at radius 3 is 2.48 bits per heavy atom. The third-order valence-corrected chi connectivity index (χ3v) is 6.73. The summed E-state index contributed by atoms with van der Waals surface area (Å²) in [5, 5.41) is 6.49. The lowest BCUT2D eigenvalue weighted by Crippen LogP contribution is -2.48. The maximum absolute atomic E-state index is 12.9. The molecule has 4 rings (SSSR count). The summed E-state index contributed by atoms with van der Waals surface area (Å²) >= 11 is 0. The molecule has 0 bridgehead atoms. The number of nitrogens with one attached hydrogen (secondary N) is 2. The van der Waals surface area contributed by atoms with Crippen LogP contribution in [0.1, 0.15) is 46.0 Å². The summed E-state index contributed by atoms with van der Waals surface area (Å²) in [5.41, 5.74) is 0.626. The number of nitrogens with zero attached hydrogens (tertiary/aromatic N) is 3. The predicted molar refractivity (Wildman–Crippen MR) is 125 cm³/mol. The summed E-state index contributed by atoms with van der Waals surface area (Å²) < 4.78 is 1.89. The molecule has 33 heavy (non-hydrogen) atoms. The van der Waals surface area contributed by atoms with E-state index in [1.54, 1.807) is 11.0 Å². The lowest BCUT2D eigenvalue weighted by Gasteiger charge is -2.30. The quantitative estimate of drug-likeness (QED) is 0.629. The lowest BCUT2D eigenvalue weighted by atomic mass is 9.82. The van der Waals surface area contributed by atoms with E-state index in [-0.39, 0.29) is 24.9 Å². The number of carbonyl (C=O) groups is 4. The van der Waals surface area contributed by atoms with Gasteiger partial charge in [-0.15, -0.1) is 0 Å². The highest BCUT2D eigenvalue weighted by Crippen LogP contribution is 2.33. The molecule has 1 aliphatic heterocycles. The van der Waals surface area contributed by atoms with Crippen LogP contribution in [0.15, 0.2) is 30.5 Å². The van der Waals surface area contributed by atoms with Gasteiger partial charge in [0.2, 0.25) is 11.8 Å². The van der Waals surface area contributed by atoms with Crippen molar-refractivity contribution in [2.75, 3.05) is 25.0 Å².